The molecule has 0 saturated carbocycles. The van der Waals surface area contributed by atoms with Crippen molar-refractivity contribution in [2.24, 2.45) is 7.05 Å². The van der Waals surface area contributed by atoms with Gasteiger partial charge < -0.3 is 9.30 Å². The lowest BCUT2D eigenvalue weighted by atomic mass is 10.4. The number of hydrogen-bond acceptors (Lipinski definition) is 4. The van der Waals surface area contributed by atoms with E-state index >= 15 is 0 Å². The number of carbonyl (C=O) groups is 1. The topological polar surface area (TPSA) is 57.0 Å². The highest BCUT2D eigenvalue weighted by Gasteiger charge is 2.13. The van der Waals surface area contributed by atoms with Gasteiger partial charge in [-0.2, -0.15) is 0 Å². The van der Waals surface area contributed by atoms with E-state index in [-0.39, 0.29) is 5.82 Å². The van der Waals surface area contributed by atoms with Gasteiger partial charge in [0, 0.05) is 29.7 Å². The maximum atomic E-state index is 11.3. The first kappa shape index (κ1) is 11.1. The standard InChI is InChI=1S/C10H10BrN3O2/c1-14-7(4-11)3-6-5-12-8(10(15)16-2)13-9(6)14/h3,5H,4H2,1-2H3. The number of halogens is 1. The summed E-state index contributed by atoms with van der Waals surface area (Å²) in [5, 5.41) is 1.64. The van der Waals surface area contributed by atoms with Crippen LogP contribution in [0.25, 0.3) is 11.0 Å². The minimum absolute atomic E-state index is 0.0809. The van der Waals surface area contributed by atoms with Crippen LogP contribution in [-0.4, -0.2) is 27.6 Å². The fraction of sp³-hybridized carbons (Fsp3) is 0.300. The van der Waals surface area contributed by atoms with E-state index in [1.165, 1.54) is 7.11 Å². The van der Waals surface area contributed by atoms with Crippen LogP contribution in [0.4, 0.5) is 0 Å². The second-order valence-corrected chi connectivity index (χ2v) is 3.85. The Balaban J connectivity index is 2.61. The highest BCUT2D eigenvalue weighted by atomic mass is 79.9. The van der Waals surface area contributed by atoms with E-state index < -0.39 is 5.97 Å². The van der Waals surface area contributed by atoms with Gasteiger partial charge in [-0.3, -0.25) is 0 Å². The predicted molar refractivity (Wildman–Crippen MR) is 62.5 cm³/mol. The van der Waals surface area contributed by atoms with Gasteiger partial charge in [-0.05, 0) is 6.07 Å². The summed E-state index contributed by atoms with van der Waals surface area (Å²) in [5.41, 5.74) is 1.80. The molecule has 5 nitrogen and oxygen atoms in total. The molecule has 0 aliphatic rings. The number of carbonyl (C=O) groups excluding carboxylic acids is 1. The third kappa shape index (κ3) is 1.69. The fourth-order valence-corrected chi connectivity index (χ4v) is 2.02. The number of aromatic nitrogens is 3. The maximum Gasteiger partial charge on any atom is 0.376 e. The molecule has 0 aliphatic heterocycles. The van der Waals surface area contributed by atoms with Crippen molar-refractivity contribution in [2.75, 3.05) is 7.11 Å². The first-order chi connectivity index (χ1) is 7.67. The summed E-state index contributed by atoms with van der Waals surface area (Å²) in [6, 6.07) is 1.98. The number of esters is 1. The van der Waals surface area contributed by atoms with Crippen LogP contribution in [-0.2, 0) is 17.1 Å². The van der Waals surface area contributed by atoms with Crippen molar-refractivity contribution in [1.82, 2.24) is 14.5 Å². The zero-order valence-corrected chi connectivity index (χ0v) is 10.5. The van der Waals surface area contributed by atoms with Crippen molar-refractivity contribution < 1.29 is 9.53 Å². The van der Waals surface area contributed by atoms with E-state index in [9.17, 15) is 4.79 Å². The van der Waals surface area contributed by atoms with Gasteiger partial charge in [0.25, 0.3) is 0 Å². The molecule has 0 N–H and O–H groups in total. The minimum atomic E-state index is -0.525. The quantitative estimate of drug-likeness (QED) is 0.621. The lowest BCUT2D eigenvalue weighted by Gasteiger charge is -2.00. The van der Waals surface area contributed by atoms with Crippen LogP contribution in [0.2, 0.25) is 0 Å². The fourth-order valence-electron chi connectivity index (χ4n) is 1.48. The van der Waals surface area contributed by atoms with E-state index in [2.05, 4.69) is 30.6 Å². The third-order valence-electron chi connectivity index (χ3n) is 2.37. The smallest absolute Gasteiger partial charge is 0.376 e. The number of alkyl halides is 1. The van der Waals surface area contributed by atoms with Gasteiger partial charge in [-0.1, -0.05) is 15.9 Å². The van der Waals surface area contributed by atoms with Gasteiger partial charge in [0.15, 0.2) is 0 Å². The van der Waals surface area contributed by atoms with E-state index in [1.54, 1.807) is 6.20 Å². The van der Waals surface area contributed by atoms with Crippen LogP contribution in [0, 0.1) is 0 Å². The van der Waals surface area contributed by atoms with Crippen LogP contribution >= 0.6 is 15.9 Å². The number of nitrogens with zero attached hydrogens (tertiary/aromatic N) is 3. The van der Waals surface area contributed by atoms with E-state index in [4.69, 9.17) is 0 Å². The first-order valence-electron chi connectivity index (χ1n) is 4.63. The molecule has 0 fully saturated rings. The molecule has 0 spiro atoms. The molecule has 6 heteroatoms. The number of ether oxygens (including phenoxy) is 1. The SMILES string of the molecule is COC(=O)c1ncc2cc(CBr)n(C)c2n1. The number of rotatable bonds is 2. The highest BCUT2D eigenvalue weighted by Crippen LogP contribution is 2.18. The van der Waals surface area contributed by atoms with Crippen molar-refractivity contribution in [3.05, 3.63) is 23.8 Å². The van der Waals surface area contributed by atoms with Gasteiger partial charge >= 0.3 is 5.97 Å². The van der Waals surface area contributed by atoms with Crippen molar-refractivity contribution in [3.63, 3.8) is 0 Å². The molecule has 84 valence electrons. The molecular formula is C10H10BrN3O2. The van der Waals surface area contributed by atoms with Gasteiger partial charge in [0.1, 0.15) is 5.65 Å². The van der Waals surface area contributed by atoms with E-state index in [0.29, 0.717) is 0 Å². The van der Waals surface area contributed by atoms with Crippen LogP contribution in [0.15, 0.2) is 12.3 Å². The van der Waals surface area contributed by atoms with Gasteiger partial charge in [-0.15, -0.1) is 0 Å². The number of methoxy groups -OCH3 is 1. The second kappa shape index (κ2) is 4.21. The zero-order chi connectivity index (χ0) is 11.7. The number of hydrogen-bond donors (Lipinski definition) is 0. The van der Waals surface area contributed by atoms with E-state index in [0.717, 1.165) is 22.1 Å². The molecule has 2 aromatic rings. The summed E-state index contributed by atoms with van der Waals surface area (Å²) in [6.45, 7) is 0. The van der Waals surface area contributed by atoms with Gasteiger partial charge in [0.05, 0.1) is 7.11 Å². The van der Waals surface area contributed by atoms with Gasteiger partial charge in [-0.25, -0.2) is 14.8 Å². The Hall–Kier alpha value is -1.43. The number of fused-ring (bicyclic) bond motifs is 1. The monoisotopic (exact) mass is 283 g/mol. The van der Waals surface area contributed by atoms with Crippen molar-refractivity contribution in [3.8, 4) is 0 Å². The molecule has 16 heavy (non-hydrogen) atoms. The highest BCUT2D eigenvalue weighted by molar-refractivity contribution is 9.08. The predicted octanol–water partition coefficient (Wildman–Crippen LogP) is 1.65. The average Bonchev–Trinajstić information content (AvgIpc) is 2.64. The Labute approximate surface area is 101 Å². The number of aryl methyl sites for hydroxylation is 1. The summed E-state index contributed by atoms with van der Waals surface area (Å²) in [5.74, 6) is -0.444. The van der Waals surface area contributed by atoms with Crippen LogP contribution in [0.1, 0.15) is 16.3 Å². The Morgan fingerprint density at radius 2 is 2.38 bits per heavy atom. The van der Waals surface area contributed by atoms with Crippen LogP contribution in [0.3, 0.4) is 0 Å². The molecule has 0 bridgehead atoms. The Morgan fingerprint density at radius 1 is 1.62 bits per heavy atom. The van der Waals surface area contributed by atoms with Crippen molar-refractivity contribution >= 4 is 32.9 Å². The molecule has 0 radical (unpaired) electrons. The normalized spacial score (nSPS) is 10.7. The van der Waals surface area contributed by atoms with E-state index in [1.807, 2.05) is 17.7 Å². The van der Waals surface area contributed by atoms with Crippen molar-refractivity contribution in [1.29, 1.82) is 0 Å². The molecular weight excluding hydrogens is 274 g/mol. The summed E-state index contributed by atoms with van der Waals surface area (Å²) in [7, 11) is 3.21. The third-order valence-corrected chi connectivity index (χ3v) is 2.95. The molecule has 0 aliphatic carbocycles. The summed E-state index contributed by atoms with van der Waals surface area (Å²) in [4.78, 5) is 19.4. The van der Waals surface area contributed by atoms with Crippen LogP contribution in [0.5, 0.6) is 0 Å². The summed E-state index contributed by atoms with van der Waals surface area (Å²) in [6.07, 6.45) is 1.63. The average molecular weight is 284 g/mol. The van der Waals surface area contributed by atoms with Gasteiger partial charge in [0.2, 0.25) is 5.82 Å². The molecule has 2 heterocycles. The molecule has 0 saturated heterocycles. The second-order valence-electron chi connectivity index (χ2n) is 3.29. The van der Waals surface area contributed by atoms with Crippen LogP contribution < -0.4 is 0 Å². The maximum absolute atomic E-state index is 11.3. The minimum Gasteiger partial charge on any atom is -0.463 e. The summed E-state index contributed by atoms with van der Waals surface area (Å²) >= 11 is 3.39. The Morgan fingerprint density at radius 3 is 3.00 bits per heavy atom. The lowest BCUT2D eigenvalue weighted by molar-refractivity contribution is 0.0587. The lowest BCUT2D eigenvalue weighted by Crippen LogP contribution is -2.08. The first-order valence-corrected chi connectivity index (χ1v) is 5.75. The largest absolute Gasteiger partial charge is 0.463 e. The molecule has 0 unspecified atom stereocenters. The molecule has 2 rings (SSSR count). The molecule has 0 atom stereocenters. The zero-order valence-electron chi connectivity index (χ0n) is 8.90. The molecule has 2 aromatic heterocycles. The molecule has 0 amide bonds. The van der Waals surface area contributed by atoms with Crippen molar-refractivity contribution in [2.45, 2.75) is 5.33 Å². The molecule has 0 aromatic carbocycles. The summed E-state index contributed by atoms with van der Waals surface area (Å²) < 4.78 is 6.49. The Kier molecular flexibility index (Phi) is 2.91. The Bertz CT molecular complexity index is 550.